The highest BCUT2D eigenvalue weighted by atomic mass is 32.2. The number of nitrogens with one attached hydrogen (secondary N) is 1. The SMILES string of the molecule is CC(NC(=O)CSCc1ccco1)c1cccs1. The van der Waals surface area contributed by atoms with E-state index in [1.54, 1.807) is 29.4 Å². The van der Waals surface area contributed by atoms with Gasteiger partial charge in [-0.3, -0.25) is 4.79 Å². The zero-order chi connectivity index (χ0) is 12.8. The maximum Gasteiger partial charge on any atom is 0.230 e. The van der Waals surface area contributed by atoms with Crippen LogP contribution in [-0.4, -0.2) is 11.7 Å². The molecule has 1 amide bonds. The number of thiophene rings is 1. The van der Waals surface area contributed by atoms with Crippen LogP contribution in [0.4, 0.5) is 0 Å². The molecule has 0 saturated heterocycles. The predicted octanol–water partition coefficient (Wildman–Crippen LogP) is 3.45. The van der Waals surface area contributed by atoms with Crippen LogP contribution in [0.3, 0.4) is 0 Å². The normalized spacial score (nSPS) is 12.3. The van der Waals surface area contributed by atoms with Crippen molar-refractivity contribution in [2.24, 2.45) is 0 Å². The number of hydrogen-bond donors (Lipinski definition) is 1. The van der Waals surface area contributed by atoms with E-state index in [9.17, 15) is 4.79 Å². The molecule has 3 nitrogen and oxygen atoms in total. The number of carbonyl (C=O) groups is 1. The summed E-state index contributed by atoms with van der Waals surface area (Å²) in [7, 11) is 0. The van der Waals surface area contributed by atoms with Gasteiger partial charge in [-0.15, -0.1) is 23.1 Å². The van der Waals surface area contributed by atoms with Gasteiger partial charge in [0.25, 0.3) is 0 Å². The average Bonchev–Trinajstić information content (AvgIpc) is 3.02. The molecule has 2 aromatic heterocycles. The quantitative estimate of drug-likeness (QED) is 0.881. The predicted molar refractivity (Wildman–Crippen MR) is 75.7 cm³/mol. The van der Waals surface area contributed by atoms with Gasteiger partial charge in [0.1, 0.15) is 5.76 Å². The van der Waals surface area contributed by atoms with E-state index in [4.69, 9.17) is 4.42 Å². The molecule has 18 heavy (non-hydrogen) atoms. The van der Waals surface area contributed by atoms with Crippen LogP contribution < -0.4 is 5.32 Å². The van der Waals surface area contributed by atoms with E-state index < -0.39 is 0 Å². The van der Waals surface area contributed by atoms with Gasteiger partial charge >= 0.3 is 0 Å². The number of thioether (sulfide) groups is 1. The highest BCUT2D eigenvalue weighted by Gasteiger charge is 2.10. The standard InChI is InChI=1S/C13H15NO2S2/c1-10(12-5-3-7-18-12)14-13(15)9-17-8-11-4-2-6-16-11/h2-7,10H,8-9H2,1H3,(H,14,15). The van der Waals surface area contributed by atoms with Crippen LogP contribution in [-0.2, 0) is 10.5 Å². The Kier molecular flexibility index (Phi) is 4.90. The molecule has 0 aliphatic heterocycles. The minimum Gasteiger partial charge on any atom is -0.468 e. The molecule has 0 radical (unpaired) electrons. The van der Waals surface area contributed by atoms with Gasteiger partial charge in [0.05, 0.1) is 23.8 Å². The fourth-order valence-corrected chi connectivity index (χ4v) is 3.00. The zero-order valence-electron chi connectivity index (χ0n) is 10.1. The molecule has 0 spiro atoms. The van der Waals surface area contributed by atoms with E-state index in [1.807, 2.05) is 36.6 Å². The number of furan rings is 1. The number of carbonyl (C=O) groups excluding carboxylic acids is 1. The van der Waals surface area contributed by atoms with E-state index in [1.165, 1.54) is 4.88 Å². The Morgan fingerprint density at radius 2 is 2.39 bits per heavy atom. The number of hydrogen-bond acceptors (Lipinski definition) is 4. The van der Waals surface area contributed by atoms with E-state index in [2.05, 4.69) is 5.32 Å². The van der Waals surface area contributed by atoms with Crippen molar-refractivity contribution in [3.8, 4) is 0 Å². The van der Waals surface area contributed by atoms with E-state index in [-0.39, 0.29) is 11.9 Å². The Hall–Kier alpha value is -1.20. The molecule has 2 heterocycles. The fourth-order valence-electron chi connectivity index (χ4n) is 1.53. The Balaban J connectivity index is 1.69. The van der Waals surface area contributed by atoms with Crippen molar-refractivity contribution in [1.29, 1.82) is 0 Å². The summed E-state index contributed by atoms with van der Waals surface area (Å²) < 4.78 is 5.20. The van der Waals surface area contributed by atoms with Crippen molar-refractivity contribution in [3.05, 3.63) is 46.5 Å². The summed E-state index contributed by atoms with van der Waals surface area (Å²) in [5, 5.41) is 5.00. The maximum absolute atomic E-state index is 11.7. The third-order valence-corrected chi connectivity index (χ3v) is 4.42. The minimum atomic E-state index is 0.0625. The highest BCUT2D eigenvalue weighted by molar-refractivity contribution is 7.99. The summed E-state index contributed by atoms with van der Waals surface area (Å²) in [6.45, 7) is 2.00. The van der Waals surface area contributed by atoms with Gasteiger partial charge in [0, 0.05) is 4.88 Å². The third-order valence-electron chi connectivity index (χ3n) is 2.41. The Morgan fingerprint density at radius 3 is 3.06 bits per heavy atom. The highest BCUT2D eigenvalue weighted by Crippen LogP contribution is 2.18. The van der Waals surface area contributed by atoms with E-state index in [0.29, 0.717) is 5.75 Å². The van der Waals surface area contributed by atoms with Crippen molar-refractivity contribution in [2.45, 2.75) is 18.7 Å². The largest absolute Gasteiger partial charge is 0.468 e. The monoisotopic (exact) mass is 281 g/mol. The maximum atomic E-state index is 11.7. The van der Waals surface area contributed by atoms with Crippen molar-refractivity contribution in [3.63, 3.8) is 0 Å². The van der Waals surface area contributed by atoms with Gasteiger partial charge < -0.3 is 9.73 Å². The molecule has 0 bridgehead atoms. The summed E-state index contributed by atoms with van der Waals surface area (Å²) in [4.78, 5) is 12.9. The van der Waals surface area contributed by atoms with E-state index in [0.717, 1.165) is 11.5 Å². The first-order valence-electron chi connectivity index (χ1n) is 5.68. The molecule has 1 atom stereocenters. The Bertz CT molecular complexity index is 465. The van der Waals surface area contributed by atoms with Crippen LogP contribution in [0.1, 0.15) is 23.6 Å². The first kappa shape index (κ1) is 13.2. The van der Waals surface area contributed by atoms with Crippen molar-refractivity contribution in [1.82, 2.24) is 5.32 Å². The van der Waals surface area contributed by atoms with Gasteiger partial charge in [-0.05, 0) is 30.5 Å². The van der Waals surface area contributed by atoms with Crippen molar-refractivity contribution in [2.75, 3.05) is 5.75 Å². The zero-order valence-corrected chi connectivity index (χ0v) is 11.7. The van der Waals surface area contributed by atoms with Crippen molar-refractivity contribution >= 4 is 29.0 Å². The summed E-state index contributed by atoms with van der Waals surface area (Å²) in [5.74, 6) is 2.15. The lowest BCUT2D eigenvalue weighted by molar-refractivity contribution is -0.119. The van der Waals surface area contributed by atoms with Crippen LogP contribution in [0.2, 0.25) is 0 Å². The molecule has 0 aliphatic carbocycles. The van der Waals surface area contributed by atoms with Gasteiger partial charge in [-0.2, -0.15) is 0 Å². The molecule has 1 N–H and O–H groups in total. The molecule has 1 unspecified atom stereocenters. The minimum absolute atomic E-state index is 0.0625. The molecule has 2 rings (SSSR count). The Morgan fingerprint density at radius 1 is 1.50 bits per heavy atom. The first-order chi connectivity index (χ1) is 8.75. The lowest BCUT2D eigenvalue weighted by atomic mass is 10.3. The molecular formula is C13H15NO2S2. The summed E-state index contributed by atoms with van der Waals surface area (Å²) >= 11 is 3.21. The number of rotatable bonds is 6. The second kappa shape index (κ2) is 6.66. The van der Waals surface area contributed by atoms with Crippen molar-refractivity contribution < 1.29 is 9.21 Å². The van der Waals surface area contributed by atoms with Gasteiger partial charge in [0.2, 0.25) is 5.91 Å². The van der Waals surface area contributed by atoms with Crippen LogP contribution in [0.25, 0.3) is 0 Å². The molecule has 0 aliphatic rings. The lowest BCUT2D eigenvalue weighted by Crippen LogP contribution is -2.27. The third kappa shape index (κ3) is 3.92. The molecule has 0 fully saturated rings. The van der Waals surface area contributed by atoms with Gasteiger partial charge in [-0.25, -0.2) is 0 Å². The molecule has 0 saturated carbocycles. The number of amides is 1. The first-order valence-corrected chi connectivity index (χ1v) is 7.72. The van der Waals surface area contributed by atoms with Gasteiger partial charge in [0.15, 0.2) is 0 Å². The average molecular weight is 281 g/mol. The molecule has 0 aromatic carbocycles. The lowest BCUT2D eigenvalue weighted by Gasteiger charge is -2.11. The Labute approximate surface area is 115 Å². The van der Waals surface area contributed by atoms with Crippen LogP contribution in [0.5, 0.6) is 0 Å². The molecular weight excluding hydrogens is 266 g/mol. The topological polar surface area (TPSA) is 42.2 Å². The summed E-state index contributed by atoms with van der Waals surface area (Å²) in [5.41, 5.74) is 0. The molecule has 5 heteroatoms. The molecule has 2 aromatic rings. The smallest absolute Gasteiger partial charge is 0.230 e. The molecule has 96 valence electrons. The fraction of sp³-hybridized carbons (Fsp3) is 0.308. The second-order valence-corrected chi connectivity index (χ2v) is 5.84. The van der Waals surface area contributed by atoms with Gasteiger partial charge in [-0.1, -0.05) is 6.07 Å². The summed E-state index contributed by atoms with van der Waals surface area (Å²) in [6, 6.07) is 7.88. The summed E-state index contributed by atoms with van der Waals surface area (Å²) in [6.07, 6.45) is 1.65. The van der Waals surface area contributed by atoms with Crippen LogP contribution in [0.15, 0.2) is 40.3 Å². The second-order valence-electron chi connectivity index (χ2n) is 3.88. The van der Waals surface area contributed by atoms with Crippen LogP contribution >= 0.6 is 23.1 Å². The van der Waals surface area contributed by atoms with E-state index >= 15 is 0 Å². The van der Waals surface area contributed by atoms with Crippen LogP contribution in [0, 0.1) is 0 Å².